The van der Waals surface area contributed by atoms with E-state index in [0.29, 0.717) is 38.5 Å². The van der Waals surface area contributed by atoms with Crippen LogP contribution in [0, 0.1) is 0 Å². The van der Waals surface area contributed by atoms with Crippen LogP contribution in [0.1, 0.15) is 20.7 Å². The number of pyridine rings is 1. The number of nitrogens with zero attached hydrogens (tertiary/aromatic N) is 1. The van der Waals surface area contributed by atoms with Gasteiger partial charge in [0.15, 0.2) is 6.61 Å². The number of carbonyl (C=O) groups excluding carboxylic acids is 3. The molecule has 0 saturated carbocycles. The van der Waals surface area contributed by atoms with E-state index >= 15 is 0 Å². The molecule has 170 valence electrons. The van der Waals surface area contributed by atoms with Crippen LogP contribution in [0.5, 0.6) is 5.75 Å². The molecular weight excluding hydrogens is 456 g/mol. The minimum atomic E-state index is -0.608. The van der Waals surface area contributed by atoms with E-state index in [0.717, 1.165) is 0 Å². The van der Waals surface area contributed by atoms with Crippen LogP contribution < -0.4 is 21.3 Å². The highest BCUT2D eigenvalue weighted by Gasteiger charge is 2.16. The number of benzene rings is 3. The second kappa shape index (κ2) is 10.0. The van der Waals surface area contributed by atoms with Crippen LogP contribution in [-0.2, 0) is 4.79 Å². The first-order valence-electron chi connectivity index (χ1n) is 10.2. The van der Waals surface area contributed by atoms with E-state index in [-0.39, 0.29) is 12.2 Å². The third-order valence-electron chi connectivity index (χ3n) is 4.91. The molecule has 1 heterocycles. The van der Waals surface area contributed by atoms with E-state index in [1.807, 2.05) is 24.3 Å². The lowest BCUT2D eigenvalue weighted by atomic mass is 10.0. The lowest BCUT2D eigenvalue weighted by molar-refractivity contribution is -0.123. The Balaban J connectivity index is 1.48. The largest absolute Gasteiger partial charge is 0.484 e. The summed E-state index contributed by atoms with van der Waals surface area (Å²) in [6, 6.07) is 22.1. The maximum absolute atomic E-state index is 12.9. The summed E-state index contributed by atoms with van der Waals surface area (Å²) in [7, 11) is 0. The maximum Gasteiger partial charge on any atom is 0.276 e. The summed E-state index contributed by atoms with van der Waals surface area (Å²) in [6.07, 6.45) is 0. The molecule has 0 atom stereocenters. The van der Waals surface area contributed by atoms with E-state index in [2.05, 4.69) is 15.8 Å². The highest BCUT2D eigenvalue weighted by Crippen LogP contribution is 2.29. The van der Waals surface area contributed by atoms with Gasteiger partial charge < -0.3 is 10.5 Å². The van der Waals surface area contributed by atoms with Crippen LogP contribution >= 0.6 is 11.6 Å². The first-order chi connectivity index (χ1) is 16.4. The molecular formula is C25H19ClN4O4. The standard InChI is InChI=1S/C25H19ClN4O4/c26-20-10-3-1-9-18(20)22-13-19(17-8-2-4-11-21(17)28-22)25(33)30-29-23(31)14-34-16-7-5-6-15(12-16)24(27)32/h1-13H,14H2,(H2,27,32)(H,29,31)(H,30,33). The summed E-state index contributed by atoms with van der Waals surface area (Å²) in [5, 5.41) is 1.12. The summed E-state index contributed by atoms with van der Waals surface area (Å²) in [6.45, 7) is -0.384. The van der Waals surface area contributed by atoms with Crippen LogP contribution in [0.15, 0.2) is 78.9 Å². The summed E-state index contributed by atoms with van der Waals surface area (Å²) < 4.78 is 5.36. The van der Waals surface area contributed by atoms with Gasteiger partial charge in [-0.25, -0.2) is 4.98 Å². The van der Waals surface area contributed by atoms with Gasteiger partial charge in [0.1, 0.15) is 5.75 Å². The normalized spacial score (nSPS) is 10.5. The molecule has 9 heteroatoms. The molecule has 3 aromatic carbocycles. The zero-order chi connectivity index (χ0) is 24.1. The maximum atomic E-state index is 12.9. The van der Waals surface area contributed by atoms with Gasteiger partial charge in [0, 0.05) is 21.5 Å². The van der Waals surface area contributed by atoms with Crippen molar-refractivity contribution in [3.05, 3.63) is 95.0 Å². The highest BCUT2D eigenvalue weighted by atomic mass is 35.5. The number of rotatable bonds is 6. The third-order valence-corrected chi connectivity index (χ3v) is 5.24. The van der Waals surface area contributed by atoms with E-state index in [1.54, 1.807) is 42.5 Å². The molecule has 0 bridgehead atoms. The molecule has 0 aliphatic heterocycles. The van der Waals surface area contributed by atoms with Crippen molar-refractivity contribution in [3.63, 3.8) is 0 Å². The molecule has 4 aromatic rings. The molecule has 0 fully saturated rings. The Morgan fingerprint density at radius 2 is 1.68 bits per heavy atom. The average Bonchev–Trinajstić information content (AvgIpc) is 2.85. The Morgan fingerprint density at radius 1 is 0.912 bits per heavy atom. The van der Waals surface area contributed by atoms with Gasteiger partial charge >= 0.3 is 0 Å². The number of hydrogen-bond acceptors (Lipinski definition) is 5. The summed E-state index contributed by atoms with van der Waals surface area (Å²) in [5.41, 5.74) is 12.3. The minimum absolute atomic E-state index is 0.255. The first-order valence-corrected chi connectivity index (χ1v) is 10.6. The zero-order valence-electron chi connectivity index (χ0n) is 17.7. The summed E-state index contributed by atoms with van der Waals surface area (Å²) in [5.74, 6) is -1.44. The molecule has 0 radical (unpaired) electrons. The van der Waals surface area contributed by atoms with Crippen LogP contribution in [0.25, 0.3) is 22.2 Å². The SMILES string of the molecule is NC(=O)c1cccc(OCC(=O)NNC(=O)c2cc(-c3ccccc3Cl)nc3ccccc23)c1. The van der Waals surface area contributed by atoms with E-state index < -0.39 is 17.7 Å². The fourth-order valence-corrected chi connectivity index (χ4v) is 3.52. The molecule has 0 unspecified atom stereocenters. The van der Waals surface area contributed by atoms with Crippen molar-refractivity contribution in [2.75, 3.05) is 6.61 Å². The van der Waals surface area contributed by atoms with Gasteiger partial charge in [0.05, 0.1) is 16.8 Å². The molecule has 3 amide bonds. The number of nitrogens with one attached hydrogen (secondary N) is 2. The van der Waals surface area contributed by atoms with Crippen LogP contribution in [-0.4, -0.2) is 29.3 Å². The Kier molecular flexibility index (Phi) is 6.70. The van der Waals surface area contributed by atoms with Crippen molar-refractivity contribution < 1.29 is 19.1 Å². The number of aromatic nitrogens is 1. The highest BCUT2D eigenvalue weighted by molar-refractivity contribution is 6.33. The van der Waals surface area contributed by atoms with Crippen molar-refractivity contribution in [3.8, 4) is 17.0 Å². The summed E-state index contributed by atoms with van der Waals surface area (Å²) >= 11 is 6.32. The lowest BCUT2D eigenvalue weighted by Gasteiger charge is -2.12. The number of ether oxygens (including phenoxy) is 1. The van der Waals surface area contributed by atoms with Gasteiger partial charge in [-0.3, -0.25) is 25.2 Å². The number of carbonyl (C=O) groups is 3. The molecule has 4 N–H and O–H groups in total. The third kappa shape index (κ3) is 5.13. The average molecular weight is 475 g/mol. The molecule has 0 aliphatic carbocycles. The molecule has 1 aromatic heterocycles. The van der Waals surface area contributed by atoms with E-state index in [4.69, 9.17) is 22.1 Å². The fourth-order valence-electron chi connectivity index (χ4n) is 3.29. The van der Waals surface area contributed by atoms with Gasteiger partial charge in [-0.15, -0.1) is 0 Å². The molecule has 34 heavy (non-hydrogen) atoms. The topological polar surface area (TPSA) is 123 Å². The van der Waals surface area contributed by atoms with Gasteiger partial charge in [0.25, 0.3) is 11.8 Å². The van der Waals surface area contributed by atoms with Gasteiger partial charge in [0.2, 0.25) is 5.91 Å². The van der Waals surface area contributed by atoms with Crippen molar-refractivity contribution in [2.24, 2.45) is 5.73 Å². The Morgan fingerprint density at radius 3 is 2.47 bits per heavy atom. The van der Waals surface area contributed by atoms with Crippen molar-refractivity contribution in [2.45, 2.75) is 0 Å². The Hall–Kier alpha value is -4.43. The van der Waals surface area contributed by atoms with Crippen molar-refractivity contribution in [1.82, 2.24) is 15.8 Å². The Labute approximate surface area is 199 Å². The number of nitrogens with two attached hydrogens (primary N) is 1. The predicted molar refractivity (Wildman–Crippen MR) is 128 cm³/mol. The molecule has 0 spiro atoms. The molecule has 4 rings (SSSR count). The van der Waals surface area contributed by atoms with E-state index in [9.17, 15) is 14.4 Å². The van der Waals surface area contributed by atoms with Crippen LogP contribution in [0.3, 0.4) is 0 Å². The smallest absolute Gasteiger partial charge is 0.276 e. The lowest BCUT2D eigenvalue weighted by Crippen LogP contribution is -2.43. The van der Waals surface area contributed by atoms with Gasteiger partial charge in [-0.05, 0) is 36.4 Å². The van der Waals surface area contributed by atoms with Gasteiger partial charge in [-0.1, -0.05) is 54.1 Å². The summed E-state index contributed by atoms with van der Waals surface area (Å²) in [4.78, 5) is 41.0. The number of amides is 3. The van der Waals surface area contributed by atoms with Gasteiger partial charge in [-0.2, -0.15) is 0 Å². The monoisotopic (exact) mass is 474 g/mol. The zero-order valence-corrected chi connectivity index (χ0v) is 18.5. The molecule has 0 saturated heterocycles. The van der Waals surface area contributed by atoms with Crippen LogP contribution in [0.4, 0.5) is 0 Å². The van der Waals surface area contributed by atoms with E-state index in [1.165, 1.54) is 12.1 Å². The van der Waals surface area contributed by atoms with Crippen molar-refractivity contribution in [1.29, 1.82) is 0 Å². The second-order valence-electron chi connectivity index (χ2n) is 7.24. The second-order valence-corrected chi connectivity index (χ2v) is 7.64. The number of hydrazine groups is 1. The number of halogens is 1. The van der Waals surface area contributed by atoms with Crippen molar-refractivity contribution >= 4 is 40.2 Å². The predicted octanol–water partition coefficient (Wildman–Crippen LogP) is 3.49. The fraction of sp³-hybridized carbons (Fsp3) is 0.0400. The molecule has 8 nitrogen and oxygen atoms in total. The number of para-hydroxylation sites is 1. The molecule has 0 aliphatic rings. The minimum Gasteiger partial charge on any atom is -0.484 e. The Bertz CT molecular complexity index is 1410. The first kappa shape index (κ1) is 22.8. The van der Waals surface area contributed by atoms with Crippen LogP contribution in [0.2, 0.25) is 5.02 Å². The number of hydrogen-bond donors (Lipinski definition) is 3. The number of primary amides is 1. The quantitative estimate of drug-likeness (QED) is 0.369. The number of fused-ring (bicyclic) bond motifs is 1.